The minimum Gasteiger partial charge on any atom is -0.335 e. The van der Waals surface area contributed by atoms with Crippen molar-refractivity contribution < 1.29 is 61.9 Å². The quantitative estimate of drug-likeness (QED) is 0.438. The molecule has 27 heavy (non-hydrogen) atoms. The Balaban J connectivity index is 5.80. The summed E-state index contributed by atoms with van der Waals surface area (Å²) in [6, 6.07) is -1.71. The average molecular weight is 432 g/mol. The number of amides is 2. The standard InChI is InChI=1S/C11H9F13N2O/c1-2-3-25-5(27)26-4-6(12,13)7(14,15)8(16,17)9(18,19)10(20,21)11(22,23)24/h2H,1,3-4H2,(H2,25,26,27). The van der Waals surface area contributed by atoms with Crippen LogP contribution in [0.3, 0.4) is 0 Å². The fourth-order valence-electron chi connectivity index (χ4n) is 1.33. The highest BCUT2D eigenvalue weighted by Gasteiger charge is 2.90. The van der Waals surface area contributed by atoms with Crippen LogP contribution in [0, 0.1) is 0 Å². The molecule has 0 rings (SSSR count). The molecule has 0 saturated carbocycles. The number of halogens is 13. The monoisotopic (exact) mass is 432 g/mol. The number of nitrogens with one attached hydrogen (secondary N) is 2. The lowest BCUT2D eigenvalue weighted by Crippen LogP contribution is -2.71. The maximum Gasteiger partial charge on any atom is 0.460 e. The molecule has 0 spiro atoms. The van der Waals surface area contributed by atoms with Gasteiger partial charge in [-0.05, 0) is 0 Å². The molecule has 0 aliphatic rings. The summed E-state index contributed by atoms with van der Waals surface area (Å²) >= 11 is 0. The van der Waals surface area contributed by atoms with Crippen molar-refractivity contribution in [3.8, 4) is 0 Å². The average Bonchev–Trinajstić information content (AvgIpc) is 2.49. The minimum absolute atomic E-state index is 0.445. The van der Waals surface area contributed by atoms with Gasteiger partial charge in [0.05, 0.1) is 6.54 Å². The lowest BCUT2D eigenvalue weighted by molar-refractivity contribution is -0.439. The summed E-state index contributed by atoms with van der Waals surface area (Å²) in [6.07, 6.45) is -6.52. The highest BCUT2D eigenvalue weighted by molar-refractivity contribution is 5.74. The molecule has 0 heterocycles. The Bertz CT molecular complexity index is 555. The van der Waals surface area contributed by atoms with Crippen molar-refractivity contribution in [1.29, 1.82) is 0 Å². The molecule has 0 fully saturated rings. The fraction of sp³-hybridized carbons (Fsp3) is 0.727. The molecule has 0 unspecified atom stereocenters. The van der Waals surface area contributed by atoms with E-state index in [0.29, 0.717) is 0 Å². The first kappa shape index (κ1) is 25.1. The number of hydrogen-bond acceptors (Lipinski definition) is 1. The van der Waals surface area contributed by atoms with Crippen LogP contribution >= 0.6 is 0 Å². The Kier molecular flexibility index (Phi) is 6.75. The molecular formula is C11H9F13N2O. The highest BCUT2D eigenvalue weighted by atomic mass is 19.4. The van der Waals surface area contributed by atoms with Gasteiger partial charge in [0, 0.05) is 6.54 Å². The second-order valence-corrected chi connectivity index (χ2v) is 4.85. The maximum absolute atomic E-state index is 13.2. The first-order chi connectivity index (χ1) is 11.7. The summed E-state index contributed by atoms with van der Waals surface area (Å²) < 4.78 is 166. The first-order valence-electron chi connectivity index (χ1n) is 6.29. The predicted molar refractivity (Wildman–Crippen MR) is 62.4 cm³/mol. The Morgan fingerprint density at radius 1 is 0.704 bits per heavy atom. The largest absolute Gasteiger partial charge is 0.460 e. The summed E-state index contributed by atoms with van der Waals surface area (Å²) in [4.78, 5) is 10.9. The molecule has 0 atom stereocenters. The summed E-state index contributed by atoms with van der Waals surface area (Å²) in [7, 11) is 0. The second-order valence-electron chi connectivity index (χ2n) is 4.85. The fourth-order valence-corrected chi connectivity index (χ4v) is 1.33. The van der Waals surface area contributed by atoms with E-state index in [0.717, 1.165) is 11.4 Å². The Labute approximate surface area is 141 Å². The number of urea groups is 1. The molecule has 2 amide bonds. The van der Waals surface area contributed by atoms with Gasteiger partial charge >= 0.3 is 41.8 Å². The molecule has 2 N–H and O–H groups in total. The zero-order valence-electron chi connectivity index (χ0n) is 12.5. The first-order valence-corrected chi connectivity index (χ1v) is 6.29. The third-order valence-corrected chi connectivity index (χ3v) is 2.88. The molecule has 160 valence electrons. The Morgan fingerprint density at radius 3 is 1.48 bits per heavy atom. The van der Waals surface area contributed by atoms with Crippen LogP contribution in [-0.4, -0.2) is 54.9 Å². The van der Waals surface area contributed by atoms with E-state index in [9.17, 15) is 61.9 Å². The second kappa shape index (κ2) is 7.26. The summed E-state index contributed by atoms with van der Waals surface area (Å²) in [5.74, 6) is -37.4. The molecule has 0 aliphatic carbocycles. The van der Waals surface area contributed by atoms with Gasteiger partial charge in [0.1, 0.15) is 0 Å². The van der Waals surface area contributed by atoms with E-state index in [1.54, 1.807) is 5.32 Å². The summed E-state index contributed by atoms with van der Waals surface area (Å²) in [6.45, 7) is -0.217. The SMILES string of the molecule is C=CCNC(=O)NCC(F)(F)C(F)(F)C(F)(F)C(F)(F)C(F)(F)C(F)(F)F. The van der Waals surface area contributed by atoms with Gasteiger partial charge in [-0.2, -0.15) is 57.1 Å². The van der Waals surface area contributed by atoms with Gasteiger partial charge in [-0.25, -0.2) is 4.79 Å². The van der Waals surface area contributed by atoms with Crippen LogP contribution in [-0.2, 0) is 0 Å². The topological polar surface area (TPSA) is 41.1 Å². The van der Waals surface area contributed by atoms with Crippen LogP contribution in [0.25, 0.3) is 0 Å². The van der Waals surface area contributed by atoms with E-state index in [1.165, 1.54) is 0 Å². The number of alkyl halides is 13. The van der Waals surface area contributed by atoms with Gasteiger partial charge < -0.3 is 10.6 Å². The number of carbonyl (C=O) groups excluding carboxylic acids is 1. The molecule has 0 aromatic carbocycles. The van der Waals surface area contributed by atoms with Crippen LogP contribution in [0.15, 0.2) is 12.7 Å². The summed E-state index contributed by atoms with van der Waals surface area (Å²) in [5, 5.41) is 2.46. The normalized spacial score (nSPS) is 14.7. The van der Waals surface area contributed by atoms with Crippen molar-refractivity contribution >= 4 is 6.03 Å². The van der Waals surface area contributed by atoms with Crippen LogP contribution in [0.2, 0.25) is 0 Å². The molecule has 0 aliphatic heterocycles. The lowest BCUT2D eigenvalue weighted by atomic mass is 9.94. The van der Waals surface area contributed by atoms with Crippen molar-refractivity contribution in [2.75, 3.05) is 13.1 Å². The molecule has 16 heteroatoms. The number of rotatable bonds is 8. The van der Waals surface area contributed by atoms with Crippen LogP contribution in [0.4, 0.5) is 61.9 Å². The predicted octanol–water partition coefficient (Wildman–Crippen LogP) is 4.21. The number of hydrogen-bond donors (Lipinski definition) is 2. The van der Waals surface area contributed by atoms with E-state index >= 15 is 0 Å². The highest BCUT2D eigenvalue weighted by Crippen LogP contribution is 2.60. The van der Waals surface area contributed by atoms with Gasteiger partial charge in [0.2, 0.25) is 0 Å². The zero-order valence-corrected chi connectivity index (χ0v) is 12.5. The Morgan fingerprint density at radius 2 is 1.11 bits per heavy atom. The molecule has 0 radical (unpaired) electrons. The van der Waals surface area contributed by atoms with Gasteiger partial charge in [0.15, 0.2) is 0 Å². The van der Waals surface area contributed by atoms with E-state index in [1.807, 2.05) is 0 Å². The third-order valence-electron chi connectivity index (χ3n) is 2.88. The van der Waals surface area contributed by atoms with Crippen molar-refractivity contribution in [3.63, 3.8) is 0 Å². The lowest BCUT2D eigenvalue weighted by Gasteiger charge is -2.39. The van der Waals surface area contributed by atoms with Gasteiger partial charge in [-0.15, -0.1) is 6.58 Å². The van der Waals surface area contributed by atoms with E-state index in [-0.39, 0.29) is 0 Å². The summed E-state index contributed by atoms with van der Waals surface area (Å²) in [5.41, 5.74) is 0. The van der Waals surface area contributed by atoms with Crippen molar-refractivity contribution in [2.45, 2.75) is 35.8 Å². The van der Waals surface area contributed by atoms with E-state index < -0.39 is 54.9 Å². The van der Waals surface area contributed by atoms with Crippen LogP contribution in [0.1, 0.15) is 0 Å². The molecule has 0 bridgehead atoms. The number of carbonyl (C=O) groups is 1. The minimum atomic E-state index is -7.96. The molecule has 0 saturated heterocycles. The van der Waals surface area contributed by atoms with E-state index in [2.05, 4.69) is 6.58 Å². The molecule has 0 aromatic heterocycles. The van der Waals surface area contributed by atoms with Crippen LogP contribution in [0.5, 0.6) is 0 Å². The van der Waals surface area contributed by atoms with Crippen LogP contribution < -0.4 is 10.6 Å². The van der Waals surface area contributed by atoms with Gasteiger partial charge in [-0.3, -0.25) is 0 Å². The molecule has 3 nitrogen and oxygen atoms in total. The zero-order chi connectivity index (χ0) is 22.1. The van der Waals surface area contributed by atoms with Gasteiger partial charge in [0.25, 0.3) is 0 Å². The van der Waals surface area contributed by atoms with Crippen molar-refractivity contribution in [3.05, 3.63) is 12.7 Å². The third kappa shape index (κ3) is 4.17. The van der Waals surface area contributed by atoms with Gasteiger partial charge in [-0.1, -0.05) is 6.08 Å². The molecule has 0 aromatic rings. The maximum atomic E-state index is 13.2. The molecular weight excluding hydrogens is 423 g/mol. The van der Waals surface area contributed by atoms with Crippen molar-refractivity contribution in [1.82, 2.24) is 10.6 Å². The Hall–Kier alpha value is -1.90. The van der Waals surface area contributed by atoms with Crippen molar-refractivity contribution in [2.24, 2.45) is 0 Å². The van der Waals surface area contributed by atoms with E-state index in [4.69, 9.17) is 0 Å². The smallest absolute Gasteiger partial charge is 0.335 e.